The van der Waals surface area contributed by atoms with Crippen LogP contribution in [0.5, 0.6) is 0 Å². The smallest absolute Gasteiger partial charge is 0.227 e. The number of benzene rings is 2. The van der Waals surface area contributed by atoms with Crippen molar-refractivity contribution in [1.82, 2.24) is 4.90 Å². The van der Waals surface area contributed by atoms with E-state index in [1.807, 2.05) is 18.2 Å². The molecule has 2 aromatic carbocycles. The van der Waals surface area contributed by atoms with Crippen molar-refractivity contribution in [3.05, 3.63) is 70.5 Å². The van der Waals surface area contributed by atoms with E-state index in [1.165, 1.54) is 6.07 Å². The highest BCUT2D eigenvalue weighted by atomic mass is 35.5. The zero-order valence-electron chi connectivity index (χ0n) is 12.1. The van der Waals surface area contributed by atoms with Crippen molar-refractivity contribution in [2.45, 2.75) is 25.3 Å². The Morgan fingerprint density at radius 1 is 1.23 bits per heavy atom. The van der Waals surface area contributed by atoms with Gasteiger partial charge in [0.1, 0.15) is 5.82 Å². The summed E-state index contributed by atoms with van der Waals surface area (Å²) in [6.07, 6.45) is 2.01. The summed E-state index contributed by atoms with van der Waals surface area (Å²) >= 11 is 5.96. The molecule has 2 nitrogen and oxygen atoms in total. The minimum Gasteiger partial charge on any atom is -0.335 e. The molecule has 4 heteroatoms. The number of rotatable bonds is 3. The lowest BCUT2D eigenvalue weighted by molar-refractivity contribution is -0.131. The molecule has 3 rings (SSSR count). The standard InChI is InChI=1S/C18H17ClFNO/c19-14-6-3-5-13(11-14)12-18(22)21-10-4-9-17(21)15-7-1-2-8-16(15)20/h1-3,5-8,11,17H,4,9-10,12H2/t17-/m1/s1. The number of carbonyl (C=O) groups excluding carboxylic acids is 1. The fraction of sp³-hybridized carbons (Fsp3) is 0.278. The largest absolute Gasteiger partial charge is 0.335 e. The Hall–Kier alpha value is -1.87. The van der Waals surface area contributed by atoms with Crippen molar-refractivity contribution < 1.29 is 9.18 Å². The van der Waals surface area contributed by atoms with Gasteiger partial charge in [-0.15, -0.1) is 0 Å². The highest BCUT2D eigenvalue weighted by Gasteiger charge is 2.31. The molecule has 2 aromatic rings. The van der Waals surface area contributed by atoms with Crippen LogP contribution in [0.3, 0.4) is 0 Å². The lowest BCUT2D eigenvalue weighted by Crippen LogP contribution is -2.32. The molecule has 0 aromatic heterocycles. The molecule has 1 aliphatic rings. The summed E-state index contributed by atoms with van der Waals surface area (Å²) in [5, 5.41) is 0.623. The lowest BCUT2D eigenvalue weighted by atomic mass is 10.0. The quantitative estimate of drug-likeness (QED) is 0.822. The summed E-state index contributed by atoms with van der Waals surface area (Å²) in [5.41, 5.74) is 1.50. The highest BCUT2D eigenvalue weighted by Crippen LogP contribution is 2.33. The van der Waals surface area contributed by atoms with Gasteiger partial charge in [-0.1, -0.05) is 41.9 Å². The minimum absolute atomic E-state index is 0.0213. The number of nitrogens with zero attached hydrogens (tertiary/aromatic N) is 1. The molecule has 1 amide bonds. The van der Waals surface area contributed by atoms with Crippen LogP contribution in [-0.4, -0.2) is 17.4 Å². The Labute approximate surface area is 134 Å². The number of carbonyl (C=O) groups is 1. The van der Waals surface area contributed by atoms with E-state index in [0.29, 0.717) is 23.6 Å². The summed E-state index contributed by atoms with van der Waals surface area (Å²) in [6.45, 7) is 0.679. The second-order valence-electron chi connectivity index (χ2n) is 5.57. The second kappa shape index (κ2) is 6.49. The number of amides is 1. The maximum absolute atomic E-state index is 14.0. The number of likely N-dealkylation sites (tertiary alicyclic amines) is 1. The van der Waals surface area contributed by atoms with Crippen LogP contribution in [0, 0.1) is 5.82 Å². The van der Waals surface area contributed by atoms with Crippen LogP contribution in [0.4, 0.5) is 4.39 Å². The van der Waals surface area contributed by atoms with Gasteiger partial charge >= 0.3 is 0 Å². The van der Waals surface area contributed by atoms with E-state index in [4.69, 9.17) is 11.6 Å². The topological polar surface area (TPSA) is 20.3 Å². The monoisotopic (exact) mass is 317 g/mol. The molecule has 1 heterocycles. The van der Waals surface area contributed by atoms with E-state index in [2.05, 4.69) is 0 Å². The van der Waals surface area contributed by atoms with E-state index in [1.54, 1.807) is 29.2 Å². The Kier molecular flexibility index (Phi) is 4.44. The Morgan fingerprint density at radius 2 is 2.05 bits per heavy atom. The van der Waals surface area contributed by atoms with Gasteiger partial charge in [0.2, 0.25) is 5.91 Å². The molecule has 1 atom stereocenters. The Balaban J connectivity index is 1.78. The molecule has 22 heavy (non-hydrogen) atoms. The molecule has 1 aliphatic heterocycles. The van der Waals surface area contributed by atoms with Crippen molar-refractivity contribution in [3.63, 3.8) is 0 Å². The van der Waals surface area contributed by atoms with Gasteiger partial charge in [0.25, 0.3) is 0 Å². The predicted molar refractivity (Wildman–Crippen MR) is 85.2 cm³/mol. The van der Waals surface area contributed by atoms with Crippen LogP contribution in [0.1, 0.15) is 30.0 Å². The molecule has 0 radical (unpaired) electrons. The molecule has 0 aliphatic carbocycles. The molecular formula is C18H17ClFNO. The van der Waals surface area contributed by atoms with Crippen LogP contribution in [0.2, 0.25) is 5.02 Å². The molecule has 114 valence electrons. The fourth-order valence-corrected chi connectivity index (χ4v) is 3.27. The van der Waals surface area contributed by atoms with Crippen LogP contribution in [-0.2, 0) is 11.2 Å². The third-order valence-electron chi connectivity index (χ3n) is 4.08. The zero-order chi connectivity index (χ0) is 15.5. The van der Waals surface area contributed by atoms with Gasteiger partial charge in [0.05, 0.1) is 12.5 Å². The first-order valence-electron chi connectivity index (χ1n) is 7.43. The molecule has 0 N–H and O–H groups in total. The van der Waals surface area contributed by atoms with E-state index >= 15 is 0 Å². The minimum atomic E-state index is -0.241. The van der Waals surface area contributed by atoms with Crippen molar-refractivity contribution in [1.29, 1.82) is 0 Å². The van der Waals surface area contributed by atoms with Crippen molar-refractivity contribution in [2.75, 3.05) is 6.54 Å². The van der Waals surface area contributed by atoms with Gasteiger partial charge in [-0.25, -0.2) is 4.39 Å². The first-order valence-corrected chi connectivity index (χ1v) is 7.81. The third kappa shape index (κ3) is 3.14. The molecule has 0 unspecified atom stereocenters. The van der Waals surface area contributed by atoms with Gasteiger partial charge in [0, 0.05) is 17.1 Å². The van der Waals surface area contributed by atoms with E-state index in [9.17, 15) is 9.18 Å². The van der Waals surface area contributed by atoms with Gasteiger partial charge < -0.3 is 4.90 Å². The average Bonchev–Trinajstić information content (AvgIpc) is 2.97. The fourth-order valence-electron chi connectivity index (χ4n) is 3.06. The molecule has 0 spiro atoms. The summed E-state index contributed by atoms with van der Waals surface area (Å²) in [4.78, 5) is 14.4. The van der Waals surface area contributed by atoms with Gasteiger partial charge in [-0.3, -0.25) is 4.79 Å². The second-order valence-corrected chi connectivity index (χ2v) is 6.01. The van der Waals surface area contributed by atoms with Crippen molar-refractivity contribution in [3.8, 4) is 0 Å². The summed E-state index contributed by atoms with van der Waals surface area (Å²) in [5.74, 6) is -0.219. The number of hydrogen-bond acceptors (Lipinski definition) is 1. The average molecular weight is 318 g/mol. The molecular weight excluding hydrogens is 301 g/mol. The lowest BCUT2D eigenvalue weighted by Gasteiger charge is -2.25. The SMILES string of the molecule is O=C(Cc1cccc(Cl)c1)N1CCC[C@@H]1c1ccccc1F. The summed E-state index contributed by atoms with van der Waals surface area (Å²) < 4.78 is 14.0. The van der Waals surface area contributed by atoms with Gasteiger partial charge in [0.15, 0.2) is 0 Å². The van der Waals surface area contributed by atoms with Crippen LogP contribution < -0.4 is 0 Å². The van der Waals surface area contributed by atoms with Crippen molar-refractivity contribution in [2.24, 2.45) is 0 Å². The van der Waals surface area contributed by atoms with E-state index in [0.717, 1.165) is 18.4 Å². The zero-order valence-corrected chi connectivity index (χ0v) is 12.9. The normalized spacial score (nSPS) is 17.7. The Morgan fingerprint density at radius 3 is 2.82 bits per heavy atom. The van der Waals surface area contributed by atoms with Crippen LogP contribution in [0.15, 0.2) is 48.5 Å². The number of hydrogen-bond donors (Lipinski definition) is 0. The summed E-state index contributed by atoms with van der Waals surface area (Å²) in [7, 11) is 0. The highest BCUT2D eigenvalue weighted by molar-refractivity contribution is 6.30. The van der Waals surface area contributed by atoms with Crippen LogP contribution in [0.25, 0.3) is 0 Å². The summed E-state index contributed by atoms with van der Waals surface area (Å²) in [6, 6.07) is 13.9. The molecule has 1 saturated heterocycles. The number of halogens is 2. The Bertz CT molecular complexity index is 688. The molecule has 1 fully saturated rings. The maximum Gasteiger partial charge on any atom is 0.227 e. The van der Waals surface area contributed by atoms with E-state index < -0.39 is 0 Å². The predicted octanol–water partition coefficient (Wildman–Crippen LogP) is 4.39. The van der Waals surface area contributed by atoms with Gasteiger partial charge in [-0.2, -0.15) is 0 Å². The first kappa shape index (κ1) is 15.0. The van der Waals surface area contributed by atoms with Crippen molar-refractivity contribution >= 4 is 17.5 Å². The maximum atomic E-state index is 14.0. The van der Waals surface area contributed by atoms with Crippen LogP contribution >= 0.6 is 11.6 Å². The van der Waals surface area contributed by atoms with E-state index in [-0.39, 0.29) is 17.8 Å². The molecule has 0 bridgehead atoms. The third-order valence-corrected chi connectivity index (χ3v) is 4.32. The first-order chi connectivity index (χ1) is 10.6. The van der Waals surface area contributed by atoms with Gasteiger partial charge in [-0.05, 0) is 36.6 Å². The molecule has 0 saturated carbocycles.